The molecule has 2 aliphatic heterocycles. The number of pyridine rings is 1. The topological polar surface area (TPSA) is 183 Å². The first-order chi connectivity index (χ1) is 25.3. The van der Waals surface area contributed by atoms with E-state index in [-0.39, 0.29) is 49.6 Å². The van der Waals surface area contributed by atoms with E-state index in [1.807, 2.05) is 26.8 Å². The average Bonchev–Trinajstić information content (AvgIpc) is 4.02. The van der Waals surface area contributed by atoms with E-state index >= 15 is 0 Å². The summed E-state index contributed by atoms with van der Waals surface area (Å²) < 4.78 is 65.7. The number of ketones is 1. The number of cyclic esters (lactones) is 1. The zero-order chi connectivity index (χ0) is 39.2. The molecule has 2 saturated carbocycles. The molecule has 0 spiro atoms. The normalized spacial score (nSPS) is 27.3. The van der Waals surface area contributed by atoms with Crippen molar-refractivity contribution in [3.63, 3.8) is 0 Å². The van der Waals surface area contributed by atoms with E-state index in [1.165, 1.54) is 11.1 Å². The van der Waals surface area contributed by atoms with Crippen molar-refractivity contribution < 1.29 is 45.5 Å². The highest BCUT2D eigenvalue weighted by molar-refractivity contribution is 7.91. The van der Waals surface area contributed by atoms with Gasteiger partial charge < -0.3 is 14.4 Å². The zero-order valence-corrected chi connectivity index (χ0v) is 33.1. The predicted molar refractivity (Wildman–Crippen MR) is 201 cm³/mol. The number of aryl methyl sites for hydroxylation is 1. The number of hydrogen-bond donors (Lipinski definition) is 1. The first-order valence-corrected chi connectivity index (χ1v) is 22.2. The fraction of sp³-hybridized carbons (Fsp3) is 0.615. The lowest BCUT2D eigenvalue weighted by molar-refractivity contribution is -0.153. The van der Waals surface area contributed by atoms with Gasteiger partial charge in [0.1, 0.15) is 6.10 Å². The number of carbonyl (C=O) groups is 4. The van der Waals surface area contributed by atoms with E-state index in [2.05, 4.69) is 16.3 Å². The van der Waals surface area contributed by atoms with E-state index in [9.17, 15) is 36.0 Å². The molecule has 2 amide bonds. The summed E-state index contributed by atoms with van der Waals surface area (Å²) in [7, 11) is -7.53. The van der Waals surface area contributed by atoms with Gasteiger partial charge in [0.25, 0.3) is 0 Å². The molecular weight excluding hydrogens is 735 g/mol. The highest BCUT2D eigenvalue weighted by Crippen LogP contribution is 2.57. The van der Waals surface area contributed by atoms with Gasteiger partial charge in [-0.1, -0.05) is 39.7 Å². The summed E-state index contributed by atoms with van der Waals surface area (Å²) in [5.74, 6) is -3.29. The number of sulfone groups is 1. The van der Waals surface area contributed by atoms with E-state index < -0.39 is 83.5 Å². The molecule has 3 heterocycles. The van der Waals surface area contributed by atoms with E-state index in [4.69, 9.17) is 9.47 Å². The van der Waals surface area contributed by atoms with Crippen molar-refractivity contribution in [2.75, 3.05) is 19.4 Å². The third-order valence-corrected chi connectivity index (χ3v) is 14.3. The number of aromatic nitrogens is 1. The lowest BCUT2D eigenvalue weighted by atomic mass is 9.77. The van der Waals surface area contributed by atoms with Gasteiger partial charge in [-0.2, -0.15) is 0 Å². The van der Waals surface area contributed by atoms with Crippen molar-refractivity contribution >= 4 is 54.2 Å². The van der Waals surface area contributed by atoms with Crippen LogP contribution in [0.1, 0.15) is 90.5 Å². The Morgan fingerprint density at radius 2 is 1.80 bits per heavy atom. The monoisotopic (exact) mass is 785 g/mol. The Kier molecular flexibility index (Phi) is 11.1. The third-order valence-electron chi connectivity index (χ3n) is 11.4. The maximum atomic E-state index is 14.6. The number of nitrogens with zero attached hydrogens (tertiary/aromatic N) is 2. The van der Waals surface area contributed by atoms with Crippen LogP contribution in [0, 0.1) is 22.7 Å². The lowest BCUT2D eigenvalue weighted by Gasteiger charge is -2.34. The number of ether oxygens (including phenoxy) is 2. The summed E-state index contributed by atoms with van der Waals surface area (Å²) in [6.07, 6.45) is 7.69. The summed E-state index contributed by atoms with van der Waals surface area (Å²) in [6, 6.07) is 4.11. The SMILES string of the molecule is C=C[C@@H]1C[C@]1(CC(=O)[C@@H]1C[C@@H]2CN1C(=O)[C@H](C(C)(C)C)CC(=O)OCCCCCCc1cc(S(C)(=O)=O)c3ccnc(c3c1)O2)C(=O)NS(=O)(=O)C1CC1. The van der Waals surface area contributed by atoms with Crippen LogP contribution in [0.3, 0.4) is 0 Å². The van der Waals surface area contributed by atoms with Gasteiger partial charge >= 0.3 is 5.97 Å². The highest BCUT2D eigenvalue weighted by Gasteiger charge is 2.61. The zero-order valence-electron chi connectivity index (χ0n) is 31.5. The number of benzene rings is 1. The van der Waals surface area contributed by atoms with Gasteiger partial charge in [-0.15, -0.1) is 6.58 Å². The summed E-state index contributed by atoms with van der Waals surface area (Å²) in [6.45, 7) is 9.48. The average molecular weight is 786 g/mol. The number of amides is 2. The fourth-order valence-electron chi connectivity index (χ4n) is 7.88. The highest BCUT2D eigenvalue weighted by atomic mass is 32.2. The minimum absolute atomic E-state index is 0.0272. The summed E-state index contributed by atoms with van der Waals surface area (Å²) >= 11 is 0. The molecule has 0 unspecified atom stereocenters. The lowest BCUT2D eigenvalue weighted by Crippen LogP contribution is -2.48. The van der Waals surface area contributed by atoms with Crippen molar-refractivity contribution in [3.8, 4) is 5.88 Å². The van der Waals surface area contributed by atoms with E-state index in [1.54, 1.807) is 18.2 Å². The molecule has 1 aromatic heterocycles. The van der Waals surface area contributed by atoms with Gasteiger partial charge in [-0.3, -0.25) is 23.9 Å². The molecule has 0 radical (unpaired) electrons. The molecule has 6 rings (SSSR count). The molecule has 1 saturated heterocycles. The minimum atomic E-state index is -3.88. The van der Waals surface area contributed by atoms with Gasteiger partial charge in [0.15, 0.2) is 15.6 Å². The van der Waals surface area contributed by atoms with Crippen LogP contribution in [0.5, 0.6) is 5.88 Å². The maximum Gasteiger partial charge on any atom is 0.306 e. The van der Waals surface area contributed by atoms with Crippen LogP contribution in [0.25, 0.3) is 10.8 Å². The molecule has 15 heteroatoms. The Hall–Kier alpha value is -3.85. The number of nitrogens with one attached hydrogen (secondary N) is 1. The molecule has 1 N–H and O–H groups in total. The first kappa shape index (κ1) is 39.8. The number of carbonyl (C=O) groups excluding carboxylic acids is 4. The summed E-state index contributed by atoms with van der Waals surface area (Å²) in [4.78, 5) is 61.8. The summed E-state index contributed by atoms with van der Waals surface area (Å²) in [5.41, 5.74) is -1.25. The second-order valence-corrected chi connectivity index (χ2v) is 20.5. The summed E-state index contributed by atoms with van der Waals surface area (Å²) in [5, 5.41) is 0.302. The number of Topliss-reactive ketones (excluding diaryl/α,β-unsaturated/α-hetero) is 1. The van der Waals surface area contributed by atoms with Crippen LogP contribution in [0.2, 0.25) is 0 Å². The Morgan fingerprint density at radius 1 is 1.07 bits per heavy atom. The molecule has 5 atom stereocenters. The van der Waals surface area contributed by atoms with Crippen molar-refractivity contribution in [2.24, 2.45) is 22.7 Å². The Bertz CT molecular complexity index is 2070. The van der Waals surface area contributed by atoms with E-state index in [0.29, 0.717) is 36.5 Å². The molecule has 13 nitrogen and oxygen atoms in total. The minimum Gasteiger partial charge on any atom is -0.472 e. The Labute approximate surface area is 317 Å². The number of allylic oxidation sites excluding steroid dienone is 1. The van der Waals surface area contributed by atoms with Gasteiger partial charge in [-0.05, 0) is 73.6 Å². The van der Waals surface area contributed by atoms with Crippen LogP contribution >= 0.6 is 0 Å². The molecule has 1 aromatic carbocycles. The molecule has 4 bridgehead atoms. The third kappa shape index (κ3) is 8.51. The van der Waals surface area contributed by atoms with E-state index in [0.717, 1.165) is 31.1 Å². The first-order valence-electron chi connectivity index (χ1n) is 18.8. The van der Waals surface area contributed by atoms with Gasteiger partial charge in [0.2, 0.25) is 27.7 Å². The smallest absolute Gasteiger partial charge is 0.306 e. The molecule has 294 valence electrons. The molecule has 54 heavy (non-hydrogen) atoms. The quantitative estimate of drug-likeness (QED) is 0.295. The molecule has 2 aromatic rings. The van der Waals surface area contributed by atoms with Crippen molar-refractivity contribution in [3.05, 3.63) is 42.6 Å². The van der Waals surface area contributed by atoms with Crippen molar-refractivity contribution in [1.82, 2.24) is 14.6 Å². The standard InChI is InChI=1S/C39H51N3O10S2/c1-6-25-21-39(25,37(46)41-54(49,50)27-12-13-27)22-32(43)31-19-26-23-42(31)36(45)30(38(2,3)4)20-34(44)51-16-10-8-7-9-11-24-17-29-28(14-15-40-35(29)52-26)33(18-24)53(5,47)48/h6,14-15,17-18,25-27,30-31H,1,7-13,16,19-23H2,2-5H3,(H,41,46)/t25-,26-,30-,31+,39-/m1/s1. The van der Waals surface area contributed by atoms with Crippen molar-refractivity contribution in [1.29, 1.82) is 0 Å². The molecule has 2 aliphatic carbocycles. The largest absolute Gasteiger partial charge is 0.472 e. The number of esters is 1. The van der Waals surface area contributed by atoms with Gasteiger partial charge in [0, 0.05) is 36.1 Å². The molecule has 3 fully saturated rings. The maximum absolute atomic E-state index is 14.6. The van der Waals surface area contributed by atoms with Crippen LogP contribution in [0.4, 0.5) is 0 Å². The predicted octanol–water partition coefficient (Wildman–Crippen LogP) is 4.46. The van der Waals surface area contributed by atoms with Crippen LogP contribution in [-0.4, -0.2) is 87.1 Å². The van der Waals surface area contributed by atoms with Gasteiger partial charge in [0.05, 0.1) is 47.1 Å². The van der Waals surface area contributed by atoms with Crippen molar-refractivity contribution in [2.45, 2.75) is 114 Å². The van der Waals surface area contributed by atoms with Gasteiger partial charge in [-0.25, -0.2) is 21.8 Å². The number of fused-ring (bicyclic) bond motifs is 3. The van der Waals surface area contributed by atoms with Crippen LogP contribution in [-0.2, 0) is 50.2 Å². The Morgan fingerprint density at radius 3 is 2.44 bits per heavy atom. The van der Waals surface area contributed by atoms with Crippen LogP contribution in [0.15, 0.2) is 41.9 Å². The second-order valence-electron chi connectivity index (χ2n) is 16.6. The number of hydrogen-bond acceptors (Lipinski definition) is 11. The van der Waals surface area contributed by atoms with Crippen LogP contribution < -0.4 is 9.46 Å². The molecular formula is C39H51N3O10S2. The fourth-order valence-corrected chi connectivity index (χ4v) is 10.2. The number of sulfonamides is 1. The number of rotatable bonds is 8. The molecule has 4 aliphatic rings. The second kappa shape index (κ2) is 15.0. The Balaban J connectivity index is 1.37.